The van der Waals surface area contributed by atoms with Gasteiger partial charge in [-0.3, -0.25) is 4.98 Å². The van der Waals surface area contributed by atoms with Gasteiger partial charge >= 0.3 is 0 Å². The molecule has 0 unspecified atom stereocenters. The van der Waals surface area contributed by atoms with Gasteiger partial charge in [0.1, 0.15) is 0 Å². The molecule has 0 spiro atoms. The van der Waals surface area contributed by atoms with Gasteiger partial charge < -0.3 is 4.90 Å². The number of fused-ring (bicyclic) bond motifs is 8. The first kappa shape index (κ1) is 29.0. The molecule has 0 radical (unpaired) electrons. The third-order valence-electron chi connectivity index (χ3n) is 9.83. The SMILES string of the molecule is c1ccc(N(c2ccccc2)c2cc3ccccc3c3c2c(-c2ccccc2-c2ccc4ccc5cccnc5c4n2)nc2ccccc23)cc1. The summed E-state index contributed by atoms with van der Waals surface area (Å²) in [4.78, 5) is 17.9. The van der Waals surface area contributed by atoms with Gasteiger partial charge in [0.05, 0.1) is 33.6 Å². The molecule has 0 saturated heterocycles. The van der Waals surface area contributed by atoms with Crippen molar-refractivity contribution in [3.8, 4) is 22.5 Å². The van der Waals surface area contributed by atoms with E-state index < -0.39 is 0 Å². The maximum absolute atomic E-state index is 5.54. The number of hydrogen-bond acceptors (Lipinski definition) is 4. The van der Waals surface area contributed by atoms with Crippen molar-refractivity contribution < 1.29 is 0 Å². The lowest BCUT2D eigenvalue weighted by molar-refractivity contribution is 1.30. The van der Waals surface area contributed by atoms with E-state index in [0.717, 1.165) is 77.7 Å². The molecule has 0 N–H and O–H groups in total. The molecule has 0 saturated carbocycles. The first-order valence-electron chi connectivity index (χ1n) is 17.2. The maximum atomic E-state index is 5.54. The van der Waals surface area contributed by atoms with E-state index in [-0.39, 0.29) is 0 Å². The second-order valence-electron chi connectivity index (χ2n) is 12.8. The molecular formula is C47H30N4. The summed E-state index contributed by atoms with van der Waals surface area (Å²) >= 11 is 0. The molecule has 238 valence electrons. The Morgan fingerprint density at radius 3 is 1.80 bits per heavy atom. The van der Waals surface area contributed by atoms with E-state index in [2.05, 4.69) is 175 Å². The zero-order valence-electron chi connectivity index (χ0n) is 27.6. The van der Waals surface area contributed by atoms with Crippen LogP contribution in [0.3, 0.4) is 0 Å². The van der Waals surface area contributed by atoms with Crippen LogP contribution in [-0.4, -0.2) is 15.0 Å². The average molecular weight is 651 g/mol. The number of anilines is 3. The molecule has 51 heavy (non-hydrogen) atoms. The Morgan fingerprint density at radius 1 is 0.412 bits per heavy atom. The fourth-order valence-corrected chi connectivity index (χ4v) is 7.55. The van der Waals surface area contributed by atoms with E-state index >= 15 is 0 Å². The van der Waals surface area contributed by atoms with E-state index in [9.17, 15) is 0 Å². The van der Waals surface area contributed by atoms with Crippen molar-refractivity contribution in [2.75, 3.05) is 4.90 Å². The van der Waals surface area contributed by atoms with Crippen LogP contribution >= 0.6 is 0 Å². The van der Waals surface area contributed by atoms with Crippen LogP contribution in [-0.2, 0) is 0 Å². The number of para-hydroxylation sites is 3. The van der Waals surface area contributed by atoms with Gasteiger partial charge in [0.2, 0.25) is 0 Å². The Hall–Kier alpha value is -6.91. The molecule has 0 amide bonds. The molecule has 0 atom stereocenters. The van der Waals surface area contributed by atoms with Gasteiger partial charge in [-0.15, -0.1) is 0 Å². The zero-order valence-corrected chi connectivity index (χ0v) is 27.6. The summed E-state index contributed by atoms with van der Waals surface area (Å²) in [5.41, 5.74) is 9.77. The second kappa shape index (κ2) is 11.9. The summed E-state index contributed by atoms with van der Waals surface area (Å²) in [6.07, 6.45) is 1.84. The van der Waals surface area contributed by atoms with Crippen molar-refractivity contribution in [2.24, 2.45) is 0 Å². The third kappa shape index (κ3) is 4.80. The fraction of sp³-hybridized carbons (Fsp3) is 0. The van der Waals surface area contributed by atoms with Crippen molar-refractivity contribution in [3.05, 3.63) is 182 Å². The van der Waals surface area contributed by atoms with E-state index in [1.165, 1.54) is 16.2 Å². The monoisotopic (exact) mass is 650 g/mol. The van der Waals surface area contributed by atoms with Crippen LogP contribution in [0, 0.1) is 0 Å². The van der Waals surface area contributed by atoms with Crippen LogP contribution in [0.4, 0.5) is 17.1 Å². The first-order chi connectivity index (χ1) is 25.3. The normalized spacial score (nSPS) is 11.5. The molecule has 0 bridgehead atoms. The summed E-state index contributed by atoms with van der Waals surface area (Å²) in [5.74, 6) is 0. The van der Waals surface area contributed by atoms with Gasteiger partial charge in [-0.2, -0.15) is 0 Å². The molecule has 3 heterocycles. The third-order valence-corrected chi connectivity index (χ3v) is 9.83. The van der Waals surface area contributed by atoms with Gasteiger partial charge in [-0.1, -0.05) is 127 Å². The van der Waals surface area contributed by atoms with Crippen LogP contribution in [0.2, 0.25) is 0 Å². The largest absolute Gasteiger partial charge is 0.310 e. The van der Waals surface area contributed by atoms with Crippen molar-refractivity contribution in [3.63, 3.8) is 0 Å². The lowest BCUT2D eigenvalue weighted by atomic mass is 9.91. The molecule has 7 aromatic carbocycles. The Morgan fingerprint density at radius 2 is 1.02 bits per heavy atom. The minimum atomic E-state index is 0.879. The summed E-state index contributed by atoms with van der Waals surface area (Å²) in [5, 5.41) is 7.88. The highest BCUT2D eigenvalue weighted by Gasteiger charge is 2.24. The predicted molar refractivity (Wildman–Crippen MR) is 213 cm³/mol. The average Bonchev–Trinajstić information content (AvgIpc) is 3.21. The van der Waals surface area contributed by atoms with Gasteiger partial charge in [-0.05, 0) is 59.3 Å². The highest BCUT2D eigenvalue weighted by Crippen LogP contribution is 2.48. The highest BCUT2D eigenvalue weighted by atomic mass is 15.1. The molecule has 0 aliphatic heterocycles. The smallest absolute Gasteiger partial charge is 0.0972 e. The topological polar surface area (TPSA) is 41.9 Å². The van der Waals surface area contributed by atoms with Gasteiger partial charge in [0.25, 0.3) is 0 Å². The fourth-order valence-electron chi connectivity index (χ4n) is 7.55. The number of benzene rings is 7. The van der Waals surface area contributed by atoms with Crippen LogP contribution in [0.15, 0.2) is 182 Å². The summed E-state index contributed by atoms with van der Waals surface area (Å²) in [6, 6.07) is 61.9. The van der Waals surface area contributed by atoms with Gasteiger partial charge in [-0.25, -0.2) is 9.97 Å². The van der Waals surface area contributed by atoms with Crippen LogP contribution in [0.25, 0.3) is 76.8 Å². The molecule has 4 heteroatoms. The Kier molecular flexibility index (Phi) is 6.78. The molecular weight excluding hydrogens is 621 g/mol. The van der Waals surface area contributed by atoms with E-state index in [4.69, 9.17) is 15.0 Å². The number of rotatable bonds is 5. The lowest BCUT2D eigenvalue weighted by Crippen LogP contribution is -2.11. The van der Waals surface area contributed by atoms with Crippen LogP contribution < -0.4 is 4.90 Å². The molecule has 10 aromatic rings. The van der Waals surface area contributed by atoms with Crippen LogP contribution in [0.5, 0.6) is 0 Å². The van der Waals surface area contributed by atoms with Crippen LogP contribution in [0.1, 0.15) is 0 Å². The number of hydrogen-bond donors (Lipinski definition) is 0. The standard InChI is InChI=1S/C47H30N4/c1-3-16-34(17-4-1)51(35-18-5-2-6-19-35)42-30-33-14-7-8-20-36(33)43-39-23-11-12-24-40(39)50-47(44(42)43)38-22-10-9-21-37(38)41-28-27-32-26-25-31-15-13-29-48-45(31)46(32)49-41/h1-30H. The molecule has 4 nitrogen and oxygen atoms in total. The quantitative estimate of drug-likeness (QED) is 0.174. The van der Waals surface area contributed by atoms with Crippen molar-refractivity contribution >= 4 is 71.3 Å². The maximum Gasteiger partial charge on any atom is 0.0972 e. The molecule has 10 rings (SSSR count). The first-order valence-corrected chi connectivity index (χ1v) is 17.2. The Bertz CT molecular complexity index is 2870. The Labute approximate surface area is 294 Å². The van der Waals surface area contributed by atoms with Gasteiger partial charge in [0, 0.05) is 55.6 Å². The van der Waals surface area contributed by atoms with Gasteiger partial charge in [0.15, 0.2) is 0 Å². The molecule has 0 aliphatic carbocycles. The molecule has 3 aromatic heterocycles. The number of pyridine rings is 3. The number of aromatic nitrogens is 3. The minimum absolute atomic E-state index is 0.879. The van der Waals surface area contributed by atoms with E-state index in [1.54, 1.807) is 0 Å². The van der Waals surface area contributed by atoms with Crippen molar-refractivity contribution in [1.29, 1.82) is 0 Å². The second-order valence-corrected chi connectivity index (χ2v) is 12.8. The molecule has 0 fully saturated rings. The number of nitrogens with zero attached hydrogens (tertiary/aromatic N) is 4. The molecule has 0 aliphatic rings. The zero-order chi connectivity index (χ0) is 33.7. The summed E-state index contributed by atoms with van der Waals surface area (Å²) in [7, 11) is 0. The lowest BCUT2D eigenvalue weighted by Gasteiger charge is -2.29. The summed E-state index contributed by atoms with van der Waals surface area (Å²) in [6.45, 7) is 0. The Balaban J connectivity index is 1.35. The highest BCUT2D eigenvalue weighted by molar-refractivity contribution is 6.27. The van der Waals surface area contributed by atoms with E-state index in [1.807, 2.05) is 12.3 Å². The minimum Gasteiger partial charge on any atom is -0.310 e. The predicted octanol–water partition coefficient (Wildman–Crippen LogP) is 12.4. The summed E-state index contributed by atoms with van der Waals surface area (Å²) < 4.78 is 0. The van der Waals surface area contributed by atoms with Crippen molar-refractivity contribution in [1.82, 2.24) is 15.0 Å². The van der Waals surface area contributed by atoms with Crippen molar-refractivity contribution in [2.45, 2.75) is 0 Å². The van der Waals surface area contributed by atoms with E-state index in [0.29, 0.717) is 0 Å².